The van der Waals surface area contributed by atoms with Crippen LogP contribution in [0.15, 0.2) is 0 Å². The fourth-order valence-electron chi connectivity index (χ4n) is 3.78. The molecule has 2 bridgehead atoms. The first kappa shape index (κ1) is 13.6. The zero-order valence-electron chi connectivity index (χ0n) is 9.37. The van der Waals surface area contributed by atoms with Crippen LogP contribution >= 0.6 is 24.8 Å². The molecular formula is C11H22Cl2N2. The summed E-state index contributed by atoms with van der Waals surface area (Å²) in [5, 5.41) is 3.77. The summed E-state index contributed by atoms with van der Waals surface area (Å²) in [5.74, 6) is 0. The van der Waals surface area contributed by atoms with Crippen LogP contribution in [0, 0.1) is 0 Å². The van der Waals surface area contributed by atoms with Gasteiger partial charge in [-0.25, -0.2) is 0 Å². The minimum atomic E-state index is 0. The molecule has 2 atom stereocenters. The van der Waals surface area contributed by atoms with Crippen LogP contribution in [-0.2, 0) is 0 Å². The third-order valence-corrected chi connectivity index (χ3v) is 4.57. The molecule has 90 valence electrons. The first-order valence-corrected chi connectivity index (χ1v) is 5.76. The fourth-order valence-corrected chi connectivity index (χ4v) is 3.78. The standard InChI is InChI=1S/C11H20N2.2ClH/c1-13-9-3-4-10(13)8-11(7-9)5-2-6-12-11;;/h9-10,12H,2-8H2,1H3;2*1H. The molecule has 2 nitrogen and oxygen atoms in total. The topological polar surface area (TPSA) is 15.3 Å². The second-order valence-corrected chi connectivity index (χ2v) is 5.27. The molecule has 1 N–H and O–H groups in total. The van der Waals surface area contributed by atoms with E-state index < -0.39 is 0 Å². The van der Waals surface area contributed by atoms with Crippen LogP contribution in [0.3, 0.4) is 0 Å². The molecule has 1 spiro atoms. The Labute approximate surface area is 105 Å². The molecule has 3 fully saturated rings. The van der Waals surface area contributed by atoms with Crippen molar-refractivity contribution in [3.8, 4) is 0 Å². The lowest BCUT2D eigenvalue weighted by Gasteiger charge is -2.43. The summed E-state index contributed by atoms with van der Waals surface area (Å²) in [5.41, 5.74) is 0.568. The summed E-state index contributed by atoms with van der Waals surface area (Å²) < 4.78 is 0. The zero-order valence-corrected chi connectivity index (χ0v) is 11.0. The molecular weight excluding hydrogens is 231 g/mol. The van der Waals surface area contributed by atoms with E-state index in [0.717, 1.165) is 12.1 Å². The number of hydrogen-bond donors (Lipinski definition) is 1. The molecule has 3 rings (SSSR count). The SMILES string of the molecule is CN1C2CCC1CC1(CCCN1)C2.Cl.Cl. The molecule has 0 aromatic carbocycles. The van der Waals surface area contributed by atoms with Gasteiger partial charge in [-0.05, 0) is 52.1 Å². The van der Waals surface area contributed by atoms with Crippen molar-refractivity contribution in [3.63, 3.8) is 0 Å². The molecule has 3 aliphatic heterocycles. The highest BCUT2D eigenvalue weighted by Gasteiger charge is 2.47. The van der Waals surface area contributed by atoms with Gasteiger partial charge in [-0.15, -0.1) is 24.8 Å². The number of nitrogens with zero attached hydrogens (tertiary/aromatic N) is 1. The van der Waals surface area contributed by atoms with E-state index in [2.05, 4.69) is 17.3 Å². The van der Waals surface area contributed by atoms with Crippen LogP contribution in [0.25, 0.3) is 0 Å². The quantitative estimate of drug-likeness (QED) is 0.712. The normalized spacial score (nSPS) is 43.8. The molecule has 3 aliphatic rings. The van der Waals surface area contributed by atoms with E-state index in [9.17, 15) is 0 Å². The number of fused-ring (bicyclic) bond motifs is 2. The van der Waals surface area contributed by atoms with E-state index >= 15 is 0 Å². The average Bonchev–Trinajstić information content (AvgIpc) is 2.60. The van der Waals surface area contributed by atoms with Gasteiger partial charge in [0.1, 0.15) is 0 Å². The van der Waals surface area contributed by atoms with Gasteiger partial charge in [0, 0.05) is 17.6 Å². The Bertz CT molecular complexity index is 201. The van der Waals surface area contributed by atoms with Crippen LogP contribution in [-0.4, -0.2) is 36.1 Å². The Morgan fingerprint density at radius 1 is 1.13 bits per heavy atom. The smallest absolute Gasteiger partial charge is 0.0211 e. The van der Waals surface area contributed by atoms with Gasteiger partial charge < -0.3 is 10.2 Å². The van der Waals surface area contributed by atoms with Gasteiger partial charge in [0.05, 0.1) is 0 Å². The summed E-state index contributed by atoms with van der Waals surface area (Å²) in [6.07, 6.45) is 8.58. The second kappa shape index (κ2) is 4.79. The first-order valence-electron chi connectivity index (χ1n) is 5.76. The highest BCUT2D eigenvalue weighted by atomic mass is 35.5. The van der Waals surface area contributed by atoms with E-state index in [-0.39, 0.29) is 24.8 Å². The summed E-state index contributed by atoms with van der Waals surface area (Å²) in [4.78, 5) is 2.63. The van der Waals surface area contributed by atoms with Crippen molar-refractivity contribution < 1.29 is 0 Å². The molecule has 0 aromatic rings. The van der Waals surface area contributed by atoms with Crippen LogP contribution in [0.5, 0.6) is 0 Å². The van der Waals surface area contributed by atoms with Crippen molar-refractivity contribution in [2.45, 2.75) is 56.1 Å². The molecule has 3 saturated heterocycles. The first-order chi connectivity index (χ1) is 6.29. The van der Waals surface area contributed by atoms with Crippen molar-refractivity contribution in [1.82, 2.24) is 10.2 Å². The molecule has 0 saturated carbocycles. The summed E-state index contributed by atoms with van der Waals surface area (Å²) in [6.45, 7) is 1.27. The average molecular weight is 253 g/mol. The molecule has 3 heterocycles. The lowest BCUT2D eigenvalue weighted by Crippen LogP contribution is -2.53. The predicted molar refractivity (Wildman–Crippen MR) is 68.3 cm³/mol. The third-order valence-electron chi connectivity index (χ3n) is 4.57. The minimum absolute atomic E-state index is 0. The van der Waals surface area contributed by atoms with Crippen molar-refractivity contribution in [1.29, 1.82) is 0 Å². The van der Waals surface area contributed by atoms with Gasteiger partial charge in [0.15, 0.2) is 0 Å². The van der Waals surface area contributed by atoms with E-state index in [1.54, 1.807) is 0 Å². The number of rotatable bonds is 0. The minimum Gasteiger partial charge on any atom is -0.311 e. The maximum atomic E-state index is 3.77. The number of halogens is 2. The van der Waals surface area contributed by atoms with E-state index in [4.69, 9.17) is 0 Å². The van der Waals surface area contributed by atoms with E-state index in [1.807, 2.05) is 0 Å². The molecule has 2 unspecified atom stereocenters. The maximum Gasteiger partial charge on any atom is 0.0211 e. The largest absolute Gasteiger partial charge is 0.311 e. The third kappa shape index (κ3) is 2.14. The van der Waals surface area contributed by atoms with Crippen LogP contribution in [0.2, 0.25) is 0 Å². The fraction of sp³-hybridized carbons (Fsp3) is 1.00. The molecule has 0 amide bonds. The zero-order chi connectivity index (χ0) is 8.89. The Balaban J connectivity index is 0.000000562. The molecule has 0 aliphatic carbocycles. The lowest BCUT2D eigenvalue weighted by atomic mass is 9.82. The Morgan fingerprint density at radius 3 is 2.20 bits per heavy atom. The predicted octanol–water partition coefficient (Wildman–Crippen LogP) is 2.21. The van der Waals surface area contributed by atoms with E-state index in [0.29, 0.717) is 5.54 Å². The summed E-state index contributed by atoms with van der Waals surface area (Å²) >= 11 is 0. The van der Waals surface area contributed by atoms with Gasteiger partial charge in [0.2, 0.25) is 0 Å². The monoisotopic (exact) mass is 252 g/mol. The van der Waals surface area contributed by atoms with E-state index in [1.165, 1.54) is 45.1 Å². The van der Waals surface area contributed by atoms with Gasteiger partial charge >= 0.3 is 0 Å². The number of nitrogens with one attached hydrogen (secondary N) is 1. The molecule has 0 aromatic heterocycles. The number of piperidine rings is 1. The number of hydrogen-bond acceptors (Lipinski definition) is 2. The van der Waals surface area contributed by atoms with Crippen LogP contribution < -0.4 is 5.32 Å². The summed E-state index contributed by atoms with van der Waals surface area (Å²) in [7, 11) is 2.32. The lowest BCUT2D eigenvalue weighted by molar-refractivity contribution is 0.102. The Kier molecular flexibility index (Phi) is 4.33. The second-order valence-electron chi connectivity index (χ2n) is 5.27. The highest BCUT2D eigenvalue weighted by molar-refractivity contribution is 5.85. The van der Waals surface area contributed by atoms with Crippen molar-refractivity contribution in [2.75, 3.05) is 13.6 Å². The summed E-state index contributed by atoms with van der Waals surface area (Å²) in [6, 6.07) is 1.79. The Hall–Kier alpha value is 0.500. The van der Waals surface area contributed by atoms with Gasteiger partial charge in [-0.1, -0.05) is 0 Å². The van der Waals surface area contributed by atoms with Crippen LogP contribution in [0.1, 0.15) is 38.5 Å². The van der Waals surface area contributed by atoms with Crippen molar-refractivity contribution in [2.24, 2.45) is 0 Å². The van der Waals surface area contributed by atoms with Crippen LogP contribution in [0.4, 0.5) is 0 Å². The molecule has 0 radical (unpaired) electrons. The maximum absolute atomic E-state index is 3.77. The highest BCUT2D eigenvalue weighted by Crippen LogP contribution is 2.43. The molecule has 15 heavy (non-hydrogen) atoms. The van der Waals surface area contributed by atoms with Gasteiger partial charge in [0.25, 0.3) is 0 Å². The van der Waals surface area contributed by atoms with Gasteiger partial charge in [-0.3, -0.25) is 0 Å². The van der Waals surface area contributed by atoms with Crippen molar-refractivity contribution >= 4 is 24.8 Å². The Morgan fingerprint density at radius 2 is 1.73 bits per heavy atom. The van der Waals surface area contributed by atoms with Crippen molar-refractivity contribution in [3.05, 3.63) is 0 Å². The van der Waals surface area contributed by atoms with Gasteiger partial charge in [-0.2, -0.15) is 0 Å². The molecule has 4 heteroatoms.